The van der Waals surface area contributed by atoms with Gasteiger partial charge in [-0.25, -0.2) is 0 Å². The summed E-state index contributed by atoms with van der Waals surface area (Å²) < 4.78 is 2.24. The van der Waals surface area contributed by atoms with Gasteiger partial charge >= 0.3 is 0 Å². The van der Waals surface area contributed by atoms with Gasteiger partial charge in [-0.3, -0.25) is 0 Å². The van der Waals surface area contributed by atoms with E-state index in [0.717, 1.165) is 25.9 Å². The summed E-state index contributed by atoms with van der Waals surface area (Å²) in [6.45, 7) is 2.36. The van der Waals surface area contributed by atoms with E-state index in [2.05, 4.69) is 28.3 Å². The van der Waals surface area contributed by atoms with E-state index in [1.165, 1.54) is 18.4 Å². The lowest BCUT2D eigenvalue weighted by atomic mass is 10.2. The number of aliphatic hydroxyl groups excluding tert-OH is 1. The summed E-state index contributed by atoms with van der Waals surface area (Å²) in [5.41, 5.74) is 1.34. The zero-order valence-corrected chi connectivity index (χ0v) is 9.58. The fraction of sp³-hybridized carbons (Fsp3) is 0.667. The van der Waals surface area contributed by atoms with E-state index in [-0.39, 0.29) is 0 Å². The molecule has 0 aliphatic rings. The molecule has 0 amide bonds. The molecule has 0 spiro atoms. The van der Waals surface area contributed by atoms with E-state index in [0.29, 0.717) is 6.61 Å². The fourth-order valence-corrected chi connectivity index (χ4v) is 1.70. The van der Waals surface area contributed by atoms with Gasteiger partial charge in [-0.1, -0.05) is 12.8 Å². The Balaban J connectivity index is 2.14. The molecule has 0 atom stereocenters. The van der Waals surface area contributed by atoms with Gasteiger partial charge in [-0.15, -0.1) is 0 Å². The Labute approximate surface area is 92.1 Å². The molecule has 0 saturated carbocycles. The summed E-state index contributed by atoms with van der Waals surface area (Å²) in [5.74, 6) is 0. The van der Waals surface area contributed by atoms with E-state index >= 15 is 0 Å². The van der Waals surface area contributed by atoms with Crippen molar-refractivity contribution in [3.8, 4) is 0 Å². The van der Waals surface area contributed by atoms with Gasteiger partial charge in [0.25, 0.3) is 0 Å². The molecule has 86 valence electrons. The Morgan fingerprint density at radius 3 is 2.80 bits per heavy atom. The minimum atomic E-state index is 0.329. The molecule has 0 unspecified atom stereocenters. The van der Waals surface area contributed by atoms with Crippen LogP contribution in [-0.4, -0.2) is 23.3 Å². The van der Waals surface area contributed by atoms with Gasteiger partial charge in [-0.2, -0.15) is 0 Å². The maximum Gasteiger partial charge on any atom is 0.0431 e. The number of nitrogens with one attached hydrogen (secondary N) is 1. The number of aliphatic hydroxyl groups is 1. The predicted octanol–water partition coefficient (Wildman–Crippen LogP) is 1.76. The molecule has 1 aromatic rings. The van der Waals surface area contributed by atoms with Gasteiger partial charge in [0, 0.05) is 32.1 Å². The monoisotopic (exact) mass is 210 g/mol. The van der Waals surface area contributed by atoms with Gasteiger partial charge in [0.1, 0.15) is 0 Å². The van der Waals surface area contributed by atoms with Crippen LogP contribution >= 0.6 is 0 Å². The van der Waals surface area contributed by atoms with Crippen molar-refractivity contribution in [1.29, 1.82) is 0 Å². The quantitative estimate of drug-likeness (QED) is 0.642. The molecule has 0 aromatic carbocycles. The Kier molecular flexibility index (Phi) is 6.12. The molecular formula is C12H22N2O. The maximum absolute atomic E-state index is 8.63. The molecular weight excluding hydrogens is 188 g/mol. The van der Waals surface area contributed by atoms with E-state index in [1.807, 2.05) is 7.05 Å². The minimum absolute atomic E-state index is 0.329. The van der Waals surface area contributed by atoms with Crippen molar-refractivity contribution in [3.63, 3.8) is 0 Å². The van der Waals surface area contributed by atoms with Gasteiger partial charge in [0.2, 0.25) is 0 Å². The Morgan fingerprint density at radius 2 is 2.07 bits per heavy atom. The third kappa shape index (κ3) is 5.00. The van der Waals surface area contributed by atoms with Crippen LogP contribution in [0.5, 0.6) is 0 Å². The minimum Gasteiger partial charge on any atom is -0.396 e. The predicted molar refractivity (Wildman–Crippen MR) is 62.7 cm³/mol. The highest BCUT2D eigenvalue weighted by Crippen LogP contribution is 2.05. The molecule has 0 saturated heterocycles. The zero-order valence-electron chi connectivity index (χ0n) is 9.58. The van der Waals surface area contributed by atoms with E-state index in [1.54, 1.807) is 0 Å². The van der Waals surface area contributed by atoms with Crippen molar-refractivity contribution in [2.24, 2.45) is 0 Å². The largest absolute Gasteiger partial charge is 0.396 e. The molecule has 3 heteroatoms. The molecule has 1 rings (SSSR count). The normalized spacial score (nSPS) is 10.8. The highest BCUT2D eigenvalue weighted by molar-refractivity contribution is 5.09. The number of aryl methyl sites for hydroxylation is 1. The van der Waals surface area contributed by atoms with E-state index in [4.69, 9.17) is 5.11 Å². The smallest absolute Gasteiger partial charge is 0.0431 e. The highest BCUT2D eigenvalue weighted by Gasteiger charge is 1.95. The first-order valence-corrected chi connectivity index (χ1v) is 5.77. The first kappa shape index (κ1) is 12.3. The molecule has 0 radical (unpaired) electrons. The molecule has 15 heavy (non-hydrogen) atoms. The van der Waals surface area contributed by atoms with Crippen LogP contribution in [0.1, 0.15) is 31.2 Å². The lowest BCUT2D eigenvalue weighted by Crippen LogP contribution is -2.04. The summed E-state index contributed by atoms with van der Waals surface area (Å²) in [6, 6.07) is 2.16. The van der Waals surface area contributed by atoms with Crippen LogP contribution in [0.2, 0.25) is 0 Å². The topological polar surface area (TPSA) is 37.2 Å². The van der Waals surface area contributed by atoms with Crippen molar-refractivity contribution in [2.75, 3.05) is 13.7 Å². The number of hydrogen-bond acceptors (Lipinski definition) is 2. The summed E-state index contributed by atoms with van der Waals surface area (Å²) in [4.78, 5) is 0. The number of unbranched alkanes of at least 4 members (excludes halogenated alkanes) is 3. The standard InChI is InChI=1S/C12H22N2O/c1-13-10-12-6-8-14(11-12)7-4-2-3-5-9-15/h6,8,11,13,15H,2-5,7,9-10H2,1H3. The van der Waals surface area contributed by atoms with Crippen LogP contribution in [0.4, 0.5) is 0 Å². The number of aromatic nitrogens is 1. The summed E-state index contributed by atoms with van der Waals surface area (Å²) >= 11 is 0. The van der Waals surface area contributed by atoms with Gasteiger partial charge in [0.15, 0.2) is 0 Å². The van der Waals surface area contributed by atoms with Crippen molar-refractivity contribution in [1.82, 2.24) is 9.88 Å². The third-order valence-electron chi connectivity index (χ3n) is 2.52. The lowest BCUT2D eigenvalue weighted by Gasteiger charge is -2.02. The van der Waals surface area contributed by atoms with Crippen molar-refractivity contribution >= 4 is 0 Å². The molecule has 0 aliphatic heterocycles. The molecule has 0 fully saturated rings. The Bertz CT molecular complexity index is 258. The highest BCUT2D eigenvalue weighted by atomic mass is 16.2. The SMILES string of the molecule is CNCc1ccn(CCCCCCO)c1. The molecule has 0 aliphatic carbocycles. The maximum atomic E-state index is 8.63. The average Bonchev–Trinajstić information content (AvgIpc) is 2.66. The van der Waals surface area contributed by atoms with Crippen LogP contribution in [0, 0.1) is 0 Å². The average molecular weight is 210 g/mol. The van der Waals surface area contributed by atoms with Crippen LogP contribution in [-0.2, 0) is 13.1 Å². The molecule has 2 N–H and O–H groups in total. The molecule has 1 heterocycles. The summed E-state index contributed by atoms with van der Waals surface area (Å²) in [7, 11) is 1.96. The first-order valence-electron chi connectivity index (χ1n) is 5.77. The van der Waals surface area contributed by atoms with Crippen molar-refractivity contribution < 1.29 is 5.11 Å². The second-order valence-electron chi connectivity index (χ2n) is 3.93. The van der Waals surface area contributed by atoms with E-state index in [9.17, 15) is 0 Å². The van der Waals surface area contributed by atoms with Crippen LogP contribution in [0.15, 0.2) is 18.5 Å². The van der Waals surface area contributed by atoms with Crippen LogP contribution in [0.3, 0.4) is 0 Å². The van der Waals surface area contributed by atoms with E-state index < -0.39 is 0 Å². The van der Waals surface area contributed by atoms with Crippen molar-refractivity contribution in [2.45, 2.75) is 38.8 Å². The Hall–Kier alpha value is -0.800. The fourth-order valence-electron chi connectivity index (χ4n) is 1.70. The second-order valence-corrected chi connectivity index (χ2v) is 3.93. The summed E-state index contributed by atoms with van der Waals surface area (Å²) in [6.07, 6.45) is 8.83. The second kappa shape index (κ2) is 7.49. The molecule has 3 nitrogen and oxygen atoms in total. The zero-order chi connectivity index (χ0) is 10.9. The lowest BCUT2D eigenvalue weighted by molar-refractivity contribution is 0.282. The number of rotatable bonds is 8. The van der Waals surface area contributed by atoms with Crippen LogP contribution in [0.25, 0.3) is 0 Å². The van der Waals surface area contributed by atoms with Gasteiger partial charge in [-0.05, 0) is 31.5 Å². The van der Waals surface area contributed by atoms with Gasteiger partial charge in [0.05, 0.1) is 0 Å². The van der Waals surface area contributed by atoms with Crippen molar-refractivity contribution in [3.05, 3.63) is 24.0 Å². The Morgan fingerprint density at radius 1 is 1.27 bits per heavy atom. The van der Waals surface area contributed by atoms with Gasteiger partial charge < -0.3 is 15.0 Å². The van der Waals surface area contributed by atoms with Crippen LogP contribution < -0.4 is 5.32 Å². The summed E-state index contributed by atoms with van der Waals surface area (Å²) in [5, 5.41) is 11.8. The first-order chi connectivity index (χ1) is 7.36. The number of hydrogen-bond donors (Lipinski definition) is 2. The number of nitrogens with zero attached hydrogens (tertiary/aromatic N) is 1. The molecule has 1 aromatic heterocycles. The third-order valence-corrected chi connectivity index (χ3v) is 2.52. The molecule has 0 bridgehead atoms.